The standard InChI is InChI=1S/C14H13ClNO.BrH/c1-11-6-8-16(9-7-11)10-14(17)12-2-4-13(15)5-3-12;/h2-9H,10H2,1H3;1H/q+1;/p-1. The van der Waals surface area contributed by atoms with Crippen LogP contribution in [0.25, 0.3) is 0 Å². The van der Waals surface area contributed by atoms with Crippen molar-refractivity contribution >= 4 is 17.4 Å². The maximum absolute atomic E-state index is 11.9. The molecule has 0 atom stereocenters. The molecule has 2 rings (SSSR count). The molecule has 0 spiro atoms. The van der Waals surface area contributed by atoms with E-state index < -0.39 is 0 Å². The van der Waals surface area contributed by atoms with Crippen molar-refractivity contribution in [3.05, 3.63) is 64.9 Å². The molecule has 0 bridgehead atoms. The van der Waals surface area contributed by atoms with E-state index in [2.05, 4.69) is 0 Å². The number of hydrogen-bond acceptors (Lipinski definition) is 1. The van der Waals surface area contributed by atoms with Gasteiger partial charge in [0.15, 0.2) is 12.4 Å². The van der Waals surface area contributed by atoms with Crippen molar-refractivity contribution in [2.45, 2.75) is 13.5 Å². The molecule has 0 aliphatic carbocycles. The lowest BCUT2D eigenvalue weighted by atomic mass is 10.1. The third kappa shape index (κ3) is 3.93. The summed E-state index contributed by atoms with van der Waals surface area (Å²) in [6.45, 7) is 2.37. The van der Waals surface area contributed by atoms with Gasteiger partial charge >= 0.3 is 0 Å². The Bertz CT molecular complexity index is 522. The highest BCUT2D eigenvalue weighted by Gasteiger charge is 2.11. The van der Waals surface area contributed by atoms with Crippen LogP contribution in [0.2, 0.25) is 5.02 Å². The maximum atomic E-state index is 11.9. The van der Waals surface area contributed by atoms with Crippen LogP contribution >= 0.6 is 11.6 Å². The second-order valence-corrected chi connectivity index (χ2v) is 4.41. The number of benzene rings is 1. The number of pyridine rings is 1. The summed E-state index contributed by atoms with van der Waals surface area (Å²) in [5.74, 6) is 0.0792. The van der Waals surface area contributed by atoms with Crippen LogP contribution in [0.3, 0.4) is 0 Å². The Morgan fingerprint density at radius 1 is 1.11 bits per heavy atom. The van der Waals surface area contributed by atoms with E-state index in [1.807, 2.05) is 36.0 Å². The van der Waals surface area contributed by atoms with Gasteiger partial charge in [-0.25, -0.2) is 0 Å². The first-order valence-electron chi connectivity index (χ1n) is 5.39. The van der Waals surface area contributed by atoms with Gasteiger partial charge in [-0.05, 0) is 36.8 Å². The molecule has 2 aromatic rings. The van der Waals surface area contributed by atoms with Crippen LogP contribution in [-0.4, -0.2) is 5.78 Å². The number of Topliss-reactive ketones (excluding diaryl/α,β-unsaturated/α-hetero) is 1. The first kappa shape index (κ1) is 14.9. The van der Waals surface area contributed by atoms with E-state index in [0.29, 0.717) is 17.1 Å². The molecule has 0 fully saturated rings. The van der Waals surface area contributed by atoms with Gasteiger partial charge in [0.1, 0.15) is 0 Å². The van der Waals surface area contributed by atoms with Crippen molar-refractivity contribution in [1.29, 1.82) is 0 Å². The van der Waals surface area contributed by atoms with E-state index in [-0.39, 0.29) is 22.8 Å². The van der Waals surface area contributed by atoms with Crippen molar-refractivity contribution < 1.29 is 26.3 Å². The smallest absolute Gasteiger partial charge is 0.227 e. The van der Waals surface area contributed by atoms with E-state index in [4.69, 9.17) is 11.6 Å². The van der Waals surface area contributed by atoms with Gasteiger partial charge in [0.25, 0.3) is 0 Å². The fraction of sp³-hybridized carbons (Fsp3) is 0.143. The van der Waals surface area contributed by atoms with Crippen LogP contribution in [0, 0.1) is 6.92 Å². The number of hydrogen-bond donors (Lipinski definition) is 0. The molecule has 0 radical (unpaired) electrons. The van der Waals surface area contributed by atoms with Gasteiger partial charge < -0.3 is 17.0 Å². The largest absolute Gasteiger partial charge is 1.00 e. The molecule has 2 nitrogen and oxygen atoms in total. The lowest BCUT2D eigenvalue weighted by Gasteiger charge is -1.98. The van der Waals surface area contributed by atoms with Gasteiger partial charge in [-0.15, -0.1) is 0 Å². The molecule has 1 aromatic heterocycles. The molecular weight excluding hydrogens is 314 g/mol. The number of ketones is 1. The number of rotatable bonds is 3. The highest BCUT2D eigenvalue weighted by molar-refractivity contribution is 6.30. The van der Waals surface area contributed by atoms with Gasteiger partial charge in [-0.3, -0.25) is 4.79 Å². The lowest BCUT2D eigenvalue weighted by Crippen LogP contribution is -3.00. The van der Waals surface area contributed by atoms with Crippen LogP contribution in [-0.2, 0) is 6.54 Å². The molecule has 0 amide bonds. The SMILES string of the molecule is Cc1cc[n+](CC(=O)c2ccc(Cl)cc2)cc1.[Br-]. The van der Waals surface area contributed by atoms with Gasteiger partial charge in [0, 0.05) is 22.7 Å². The molecule has 0 aliphatic rings. The zero-order valence-electron chi connectivity index (χ0n) is 9.94. The van der Waals surface area contributed by atoms with Crippen LogP contribution in [0.1, 0.15) is 15.9 Å². The van der Waals surface area contributed by atoms with Gasteiger partial charge in [0.05, 0.1) is 0 Å². The molecule has 18 heavy (non-hydrogen) atoms. The summed E-state index contributed by atoms with van der Waals surface area (Å²) in [5, 5.41) is 0.643. The van der Waals surface area contributed by atoms with Crippen molar-refractivity contribution in [3.63, 3.8) is 0 Å². The second kappa shape index (κ2) is 6.66. The van der Waals surface area contributed by atoms with E-state index in [9.17, 15) is 4.79 Å². The van der Waals surface area contributed by atoms with Gasteiger partial charge in [-0.2, -0.15) is 4.57 Å². The average molecular weight is 327 g/mol. The molecule has 0 N–H and O–H groups in total. The van der Waals surface area contributed by atoms with Crippen molar-refractivity contribution in [2.75, 3.05) is 0 Å². The van der Waals surface area contributed by atoms with E-state index in [1.54, 1.807) is 24.3 Å². The summed E-state index contributed by atoms with van der Waals surface area (Å²) in [6, 6.07) is 10.9. The number of nitrogens with zero attached hydrogens (tertiary/aromatic N) is 1. The van der Waals surface area contributed by atoms with E-state index in [1.165, 1.54) is 5.56 Å². The summed E-state index contributed by atoms with van der Waals surface area (Å²) >= 11 is 5.78. The predicted molar refractivity (Wildman–Crippen MR) is 67.2 cm³/mol. The maximum Gasteiger partial charge on any atom is 0.227 e. The third-order valence-corrected chi connectivity index (χ3v) is 2.80. The van der Waals surface area contributed by atoms with Crippen molar-refractivity contribution in [1.82, 2.24) is 0 Å². The molecule has 94 valence electrons. The van der Waals surface area contributed by atoms with Crippen LogP contribution in [0.4, 0.5) is 0 Å². The normalized spacial score (nSPS) is 9.67. The van der Waals surface area contributed by atoms with Crippen molar-refractivity contribution in [3.8, 4) is 0 Å². The fourth-order valence-electron chi connectivity index (χ4n) is 1.53. The molecule has 4 heteroatoms. The summed E-state index contributed by atoms with van der Waals surface area (Å²) < 4.78 is 1.87. The topological polar surface area (TPSA) is 20.9 Å². The highest BCUT2D eigenvalue weighted by Crippen LogP contribution is 2.09. The molecule has 0 saturated carbocycles. The van der Waals surface area contributed by atoms with Crippen molar-refractivity contribution in [2.24, 2.45) is 0 Å². The second-order valence-electron chi connectivity index (χ2n) is 3.98. The summed E-state index contributed by atoms with van der Waals surface area (Å²) in [5.41, 5.74) is 1.86. The Labute approximate surface area is 122 Å². The molecule has 1 heterocycles. The van der Waals surface area contributed by atoms with Crippen LogP contribution in [0.15, 0.2) is 48.8 Å². The Kier molecular flexibility index (Phi) is 5.51. The monoisotopic (exact) mass is 325 g/mol. The highest BCUT2D eigenvalue weighted by atomic mass is 79.9. The molecule has 0 saturated heterocycles. The van der Waals surface area contributed by atoms with Gasteiger partial charge in [-0.1, -0.05) is 11.6 Å². The van der Waals surface area contributed by atoms with E-state index >= 15 is 0 Å². The number of aromatic nitrogens is 1. The minimum Gasteiger partial charge on any atom is -1.00 e. The van der Waals surface area contributed by atoms with Gasteiger partial charge in [0.2, 0.25) is 12.3 Å². The zero-order valence-corrected chi connectivity index (χ0v) is 12.3. The summed E-state index contributed by atoms with van der Waals surface area (Å²) in [7, 11) is 0. The Morgan fingerprint density at radius 3 is 2.22 bits per heavy atom. The first-order chi connectivity index (χ1) is 8.15. The Balaban J connectivity index is 0.00000162. The minimum atomic E-state index is 0. The number of carbonyl (C=O) groups excluding carboxylic acids is 1. The molecule has 1 aromatic carbocycles. The predicted octanol–water partition coefficient (Wildman–Crippen LogP) is -0.177. The summed E-state index contributed by atoms with van der Waals surface area (Å²) in [4.78, 5) is 11.9. The zero-order chi connectivity index (χ0) is 12.3. The van der Waals surface area contributed by atoms with Crippen LogP contribution in [0.5, 0.6) is 0 Å². The lowest BCUT2D eigenvalue weighted by molar-refractivity contribution is -0.683. The Hall–Kier alpha value is -1.19. The molecule has 0 unspecified atom stereocenters. The first-order valence-corrected chi connectivity index (χ1v) is 5.77. The number of halogens is 2. The summed E-state index contributed by atoms with van der Waals surface area (Å²) in [6.07, 6.45) is 3.81. The number of aryl methyl sites for hydroxylation is 1. The number of carbonyl (C=O) groups is 1. The molecular formula is C14H13BrClNO. The minimum absolute atomic E-state index is 0. The quantitative estimate of drug-likeness (QED) is 0.566. The third-order valence-electron chi connectivity index (χ3n) is 2.55. The Morgan fingerprint density at radius 2 is 1.67 bits per heavy atom. The van der Waals surface area contributed by atoms with Crippen LogP contribution < -0.4 is 21.5 Å². The average Bonchev–Trinajstić information content (AvgIpc) is 2.33. The fourth-order valence-corrected chi connectivity index (χ4v) is 1.66. The van der Waals surface area contributed by atoms with E-state index in [0.717, 1.165) is 0 Å². The molecule has 0 aliphatic heterocycles.